The normalized spacial score (nSPS) is 28.0. The van der Waals surface area contributed by atoms with Crippen LogP contribution < -0.4 is 5.32 Å². The van der Waals surface area contributed by atoms with Crippen molar-refractivity contribution >= 4 is 47.8 Å². The molecule has 4 fully saturated rings. The minimum Gasteiger partial charge on any atom is -0.316 e. The number of rotatable bonds is 3. The summed E-state index contributed by atoms with van der Waals surface area (Å²) in [5.41, 5.74) is 2.25. The second-order valence-corrected chi connectivity index (χ2v) is 13.0. The fourth-order valence-electron chi connectivity index (χ4n) is 5.36. The molecule has 2 aromatic rings. The number of fused-ring (bicyclic) bond motifs is 2. The van der Waals surface area contributed by atoms with Gasteiger partial charge in [-0.2, -0.15) is 0 Å². The maximum Gasteiger partial charge on any atom is 0.0294 e. The molecule has 37 heavy (non-hydrogen) atoms. The Morgan fingerprint density at radius 2 is 1.16 bits per heavy atom. The molecule has 6 atom stereocenters. The number of piperidine rings is 2. The molecule has 0 radical (unpaired) electrons. The molecule has 2 nitrogen and oxygen atoms in total. The molecule has 4 aliphatic rings. The van der Waals surface area contributed by atoms with E-state index in [1.165, 1.54) is 45.6 Å². The summed E-state index contributed by atoms with van der Waals surface area (Å²) in [6, 6.07) is 16.5. The highest BCUT2D eigenvalue weighted by Gasteiger charge is 2.54. The van der Waals surface area contributed by atoms with Crippen molar-refractivity contribution < 1.29 is 0 Å². The Bertz CT molecular complexity index is 1100. The molecular formula is C32H37Br3N2. The Balaban J connectivity index is 0.000000153. The van der Waals surface area contributed by atoms with Crippen LogP contribution in [0, 0.1) is 59.2 Å². The highest BCUT2D eigenvalue weighted by Crippen LogP contribution is 2.51. The van der Waals surface area contributed by atoms with Gasteiger partial charge in [-0.25, -0.2) is 0 Å². The number of benzene rings is 2. The lowest BCUT2D eigenvalue weighted by atomic mass is 10.2. The van der Waals surface area contributed by atoms with E-state index in [4.69, 9.17) is 0 Å². The van der Waals surface area contributed by atoms with Crippen molar-refractivity contribution in [3.8, 4) is 23.7 Å². The maximum absolute atomic E-state index is 3.47. The molecular weight excluding hydrogens is 652 g/mol. The molecule has 196 valence electrons. The second kappa shape index (κ2) is 14.3. The number of hydrogen-bond acceptors (Lipinski definition) is 2. The van der Waals surface area contributed by atoms with Gasteiger partial charge in [-0.3, -0.25) is 0 Å². The van der Waals surface area contributed by atoms with Crippen molar-refractivity contribution in [2.24, 2.45) is 35.5 Å². The molecule has 2 saturated heterocycles. The van der Waals surface area contributed by atoms with E-state index in [2.05, 4.69) is 132 Å². The van der Waals surface area contributed by atoms with Crippen molar-refractivity contribution in [1.82, 2.24) is 10.2 Å². The number of likely N-dealkylation sites (tertiary alicyclic amines) is 1. The summed E-state index contributed by atoms with van der Waals surface area (Å²) >= 11 is 10.1. The molecule has 1 N–H and O–H groups in total. The summed E-state index contributed by atoms with van der Waals surface area (Å²) in [4.78, 5) is 2.59. The van der Waals surface area contributed by atoms with E-state index in [0.29, 0.717) is 11.8 Å². The number of halogens is 3. The van der Waals surface area contributed by atoms with Crippen molar-refractivity contribution in [2.75, 3.05) is 38.1 Å². The predicted molar refractivity (Wildman–Crippen MR) is 167 cm³/mol. The van der Waals surface area contributed by atoms with Crippen LogP contribution in [0.1, 0.15) is 37.8 Å². The smallest absolute Gasteiger partial charge is 0.0294 e. The predicted octanol–water partition coefficient (Wildman–Crippen LogP) is 7.45. The number of alkyl halides is 1. The van der Waals surface area contributed by atoms with Crippen LogP contribution in [0.4, 0.5) is 0 Å². The minimum absolute atomic E-state index is 0.662. The molecule has 2 aliphatic heterocycles. The van der Waals surface area contributed by atoms with E-state index in [1.54, 1.807) is 0 Å². The number of nitrogens with one attached hydrogen (secondary N) is 1. The zero-order chi connectivity index (χ0) is 26.2. The third-order valence-corrected chi connectivity index (χ3v) is 9.40. The van der Waals surface area contributed by atoms with Gasteiger partial charge in [0.05, 0.1) is 0 Å². The molecule has 2 aromatic carbocycles. The van der Waals surface area contributed by atoms with E-state index in [9.17, 15) is 0 Å². The second-order valence-electron chi connectivity index (χ2n) is 10.4. The molecule has 0 spiro atoms. The van der Waals surface area contributed by atoms with Crippen LogP contribution in [0.3, 0.4) is 0 Å². The summed E-state index contributed by atoms with van der Waals surface area (Å²) in [7, 11) is 0. The molecule has 5 heteroatoms. The first-order valence-corrected chi connectivity index (χ1v) is 16.3. The molecule has 2 unspecified atom stereocenters. The lowest BCUT2D eigenvalue weighted by molar-refractivity contribution is 0.296. The van der Waals surface area contributed by atoms with Gasteiger partial charge in [0.1, 0.15) is 0 Å². The largest absolute Gasteiger partial charge is 0.316 e. The number of hydrogen-bond donors (Lipinski definition) is 1. The van der Waals surface area contributed by atoms with Crippen LogP contribution in [0.25, 0.3) is 0 Å². The molecule has 2 saturated carbocycles. The van der Waals surface area contributed by atoms with Crippen LogP contribution in [0.5, 0.6) is 0 Å². The van der Waals surface area contributed by atoms with Crippen LogP contribution in [-0.2, 0) is 0 Å². The summed E-state index contributed by atoms with van der Waals surface area (Å²) in [5.74, 6) is 18.2. The zero-order valence-corrected chi connectivity index (χ0v) is 26.6. The Labute approximate surface area is 249 Å². The maximum atomic E-state index is 3.47. The Kier molecular flexibility index (Phi) is 11.2. The highest BCUT2D eigenvalue weighted by atomic mass is 79.9. The topological polar surface area (TPSA) is 15.3 Å². The van der Waals surface area contributed by atoms with E-state index in [0.717, 1.165) is 49.1 Å². The van der Waals surface area contributed by atoms with Crippen molar-refractivity contribution in [3.63, 3.8) is 0 Å². The van der Waals surface area contributed by atoms with Crippen LogP contribution in [-0.4, -0.2) is 43.0 Å². The lowest BCUT2D eigenvalue weighted by Crippen LogP contribution is -2.24. The van der Waals surface area contributed by atoms with E-state index in [-0.39, 0.29) is 0 Å². The van der Waals surface area contributed by atoms with Gasteiger partial charge in [0.25, 0.3) is 0 Å². The van der Waals surface area contributed by atoms with E-state index in [1.807, 2.05) is 12.1 Å². The molecule has 0 bridgehead atoms. The molecule has 0 aromatic heterocycles. The summed E-state index contributed by atoms with van der Waals surface area (Å²) in [6.07, 6.45) is 2.51. The van der Waals surface area contributed by atoms with Crippen LogP contribution in [0.2, 0.25) is 0 Å². The molecule has 0 amide bonds. The average Bonchev–Trinajstić information content (AvgIpc) is 3.56. The molecule has 6 rings (SSSR count). The van der Waals surface area contributed by atoms with Gasteiger partial charge in [-0.15, -0.1) is 0 Å². The van der Waals surface area contributed by atoms with Gasteiger partial charge in [0.15, 0.2) is 0 Å². The van der Waals surface area contributed by atoms with Gasteiger partial charge < -0.3 is 10.2 Å². The van der Waals surface area contributed by atoms with Crippen molar-refractivity contribution in [1.29, 1.82) is 0 Å². The van der Waals surface area contributed by atoms with Crippen LogP contribution >= 0.6 is 47.8 Å². The summed E-state index contributed by atoms with van der Waals surface area (Å²) in [5, 5.41) is 4.52. The van der Waals surface area contributed by atoms with Gasteiger partial charge >= 0.3 is 0 Å². The van der Waals surface area contributed by atoms with Gasteiger partial charge in [-0.1, -0.05) is 85.3 Å². The average molecular weight is 689 g/mol. The Hall–Kier alpha value is -1.08. The first-order chi connectivity index (χ1) is 18.0. The van der Waals surface area contributed by atoms with Crippen LogP contribution in [0.15, 0.2) is 57.5 Å². The third kappa shape index (κ3) is 8.45. The summed E-state index contributed by atoms with van der Waals surface area (Å²) in [6.45, 7) is 10.6. The highest BCUT2D eigenvalue weighted by molar-refractivity contribution is 9.10. The fourth-order valence-corrected chi connectivity index (χ4v) is 5.89. The first kappa shape index (κ1) is 28.9. The Morgan fingerprint density at radius 3 is 1.57 bits per heavy atom. The van der Waals surface area contributed by atoms with Gasteiger partial charge in [-0.05, 0) is 105 Å². The zero-order valence-electron chi connectivity index (χ0n) is 21.8. The monoisotopic (exact) mass is 686 g/mol. The first-order valence-electron chi connectivity index (χ1n) is 13.6. The molecule has 2 aliphatic carbocycles. The quantitative estimate of drug-likeness (QED) is 0.266. The van der Waals surface area contributed by atoms with E-state index < -0.39 is 0 Å². The summed E-state index contributed by atoms with van der Waals surface area (Å²) < 4.78 is 2.23. The minimum atomic E-state index is 0.662. The SMILES string of the molecule is Brc1ccc(C#CC2[C@H]3CNC[C@@H]23)cc1.CCCBr.CCCN1C[C@@H]2C(C#Cc3ccc(Br)cc3)[C@@H]2C1. The molecule has 2 heterocycles. The fraction of sp³-hybridized carbons (Fsp3) is 0.500. The Morgan fingerprint density at radius 1 is 0.730 bits per heavy atom. The lowest BCUT2D eigenvalue weighted by Gasteiger charge is -2.16. The van der Waals surface area contributed by atoms with Gasteiger partial charge in [0.2, 0.25) is 0 Å². The third-order valence-electron chi connectivity index (χ3n) is 7.54. The standard InChI is InChI=1S/C16H18BrN.C13H12BrN.C3H7Br/c1-2-9-18-10-15-14(16(15)11-18)8-5-12-3-6-13(17)7-4-12;14-10-4-1-9(2-5-10)3-6-11-12-7-15-8-13(11)12;1-2-3-4/h3-4,6-7,14-16H,2,9-11H2,1H3;1-2,4-5,11-13,15H,7-8H2;2-3H2,1H3/t14?,15-,16+;11?,12-,13+;. The van der Waals surface area contributed by atoms with Gasteiger partial charge in [0, 0.05) is 50.3 Å². The van der Waals surface area contributed by atoms with Crippen molar-refractivity contribution in [3.05, 3.63) is 68.6 Å². The van der Waals surface area contributed by atoms with E-state index >= 15 is 0 Å². The van der Waals surface area contributed by atoms with Crippen molar-refractivity contribution in [2.45, 2.75) is 26.7 Å². The number of nitrogens with zero attached hydrogens (tertiary/aromatic N) is 1.